The Morgan fingerprint density at radius 1 is 1.00 bits per heavy atom. The molecule has 3 N–H and O–H groups in total. The second kappa shape index (κ2) is 6.75. The molecule has 0 atom stereocenters. The molecule has 0 radical (unpaired) electrons. The van der Waals surface area contributed by atoms with Crippen LogP contribution in [0.3, 0.4) is 0 Å². The van der Waals surface area contributed by atoms with Crippen LogP contribution < -0.4 is 16.4 Å². The Morgan fingerprint density at radius 2 is 1.74 bits per heavy atom. The van der Waals surface area contributed by atoms with E-state index in [9.17, 15) is 14.4 Å². The topological polar surface area (TPSA) is 113 Å². The van der Waals surface area contributed by atoms with E-state index in [0.717, 1.165) is 5.56 Å². The Kier molecular flexibility index (Phi) is 4.13. The number of hydrogen-bond acceptors (Lipinski definition) is 4. The molecule has 0 aliphatic heterocycles. The van der Waals surface area contributed by atoms with Crippen LogP contribution in [0.25, 0.3) is 22.3 Å². The van der Waals surface area contributed by atoms with E-state index in [4.69, 9.17) is 0 Å². The number of carbonyl (C=O) groups excluding carboxylic acids is 1. The fourth-order valence-electron chi connectivity index (χ4n) is 2.90. The van der Waals surface area contributed by atoms with Crippen molar-refractivity contribution in [2.24, 2.45) is 0 Å². The summed E-state index contributed by atoms with van der Waals surface area (Å²) in [6.07, 6.45) is 1.17. The number of anilines is 1. The molecule has 8 heteroatoms. The van der Waals surface area contributed by atoms with E-state index in [0.29, 0.717) is 16.7 Å². The van der Waals surface area contributed by atoms with Crippen LogP contribution >= 0.6 is 0 Å². The summed E-state index contributed by atoms with van der Waals surface area (Å²) in [5, 5.41) is 7.85. The molecule has 0 fully saturated rings. The average Bonchev–Trinajstić information content (AvgIpc) is 3.05. The lowest BCUT2D eigenvalue weighted by Gasteiger charge is -2.10. The van der Waals surface area contributed by atoms with Crippen LogP contribution in [-0.4, -0.2) is 25.7 Å². The van der Waals surface area contributed by atoms with Gasteiger partial charge in [-0.25, -0.2) is 4.98 Å². The van der Waals surface area contributed by atoms with E-state index in [1.165, 1.54) is 10.8 Å². The molecule has 2 aromatic heterocycles. The van der Waals surface area contributed by atoms with Gasteiger partial charge in [-0.2, -0.15) is 0 Å². The number of benzene rings is 2. The number of aromatic amines is 2. The minimum absolute atomic E-state index is 0.109. The number of para-hydroxylation sites is 2. The monoisotopic (exact) mass is 361 g/mol. The third-order valence-electron chi connectivity index (χ3n) is 4.16. The van der Waals surface area contributed by atoms with Crippen LogP contribution in [0.15, 0.2) is 70.4 Å². The van der Waals surface area contributed by atoms with Crippen molar-refractivity contribution in [3.05, 3.63) is 81.5 Å². The zero-order valence-electron chi connectivity index (χ0n) is 14.1. The molecule has 1 amide bonds. The SMILES string of the molecule is O=C(Cn1c(=O)cnc2ccccc21)Nc1c(-c2ccccc2)[nH][nH]c1=O. The predicted octanol–water partition coefficient (Wildman–Crippen LogP) is 1.72. The maximum atomic E-state index is 12.6. The van der Waals surface area contributed by atoms with Gasteiger partial charge in [0, 0.05) is 5.56 Å². The molecule has 0 bridgehead atoms. The van der Waals surface area contributed by atoms with Crippen molar-refractivity contribution in [2.45, 2.75) is 6.54 Å². The molecule has 0 saturated heterocycles. The smallest absolute Gasteiger partial charge is 0.288 e. The quantitative estimate of drug-likeness (QED) is 0.514. The maximum absolute atomic E-state index is 12.6. The van der Waals surface area contributed by atoms with Gasteiger partial charge in [0.2, 0.25) is 5.91 Å². The van der Waals surface area contributed by atoms with Crippen LogP contribution in [-0.2, 0) is 11.3 Å². The summed E-state index contributed by atoms with van der Waals surface area (Å²) in [6.45, 7) is -0.235. The molecule has 0 saturated carbocycles. The number of rotatable bonds is 4. The number of nitrogens with one attached hydrogen (secondary N) is 3. The normalized spacial score (nSPS) is 10.8. The Labute approximate surface area is 152 Å². The van der Waals surface area contributed by atoms with E-state index in [1.54, 1.807) is 24.3 Å². The van der Waals surface area contributed by atoms with Gasteiger partial charge in [-0.3, -0.25) is 29.1 Å². The van der Waals surface area contributed by atoms with Crippen LogP contribution in [0.1, 0.15) is 0 Å². The first-order valence-electron chi connectivity index (χ1n) is 8.24. The Morgan fingerprint density at radius 3 is 2.56 bits per heavy atom. The first kappa shape index (κ1) is 16.5. The summed E-state index contributed by atoms with van der Waals surface area (Å²) < 4.78 is 1.32. The van der Waals surface area contributed by atoms with Crippen LogP contribution in [0.2, 0.25) is 0 Å². The number of aromatic nitrogens is 4. The highest BCUT2D eigenvalue weighted by molar-refractivity contribution is 5.94. The molecule has 0 aliphatic carbocycles. The van der Waals surface area contributed by atoms with Gasteiger partial charge in [0.15, 0.2) is 0 Å². The second-order valence-corrected chi connectivity index (χ2v) is 5.91. The van der Waals surface area contributed by atoms with Crippen molar-refractivity contribution in [1.29, 1.82) is 0 Å². The van der Waals surface area contributed by atoms with Crippen molar-refractivity contribution in [3.8, 4) is 11.3 Å². The molecule has 4 aromatic rings. The fourth-order valence-corrected chi connectivity index (χ4v) is 2.90. The van der Waals surface area contributed by atoms with E-state index in [2.05, 4.69) is 20.5 Å². The molecule has 0 unspecified atom stereocenters. The molecular formula is C19H15N5O3. The Balaban J connectivity index is 1.66. The first-order chi connectivity index (χ1) is 13.1. The molecule has 4 rings (SSSR count). The first-order valence-corrected chi connectivity index (χ1v) is 8.24. The summed E-state index contributed by atoms with van der Waals surface area (Å²) in [4.78, 5) is 40.9. The molecule has 8 nitrogen and oxygen atoms in total. The zero-order valence-corrected chi connectivity index (χ0v) is 14.1. The van der Waals surface area contributed by atoms with Crippen molar-refractivity contribution >= 4 is 22.6 Å². The number of nitrogens with zero attached hydrogens (tertiary/aromatic N) is 2. The number of carbonyl (C=O) groups is 1. The zero-order chi connectivity index (χ0) is 18.8. The van der Waals surface area contributed by atoms with Crippen LogP contribution in [0.4, 0.5) is 5.69 Å². The lowest BCUT2D eigenvalue weighted by Crippen LogP contribution is -2.29. The van der Waals surface area contributed by atoms with E-state index in [1.807, 2.05) is 30.3 Å². The van der Waals surface area contributed by atoms with Crippen molar-refractivity contribution < 1.29 is 4.79 Å². The molecule has 134 valence electrons. The van der Waals surface area contributed by atoms with E-state index in [-0.39, 0.29) is 12.2 Å². The molecular weight excluding hydrogens is 346 g/mol. The van der Waals surface area contributed by atoms with Gasteiger partial charge in [-0.15, -0.1) is 0 Å². The molecule has 27 heavy (non-hydrogen) atoms. The van der Waals surface area contributed by atoms with Gasteiger partial charge in [0.25, 0.3) is 11.1 Å². The summed E-state index contributed by atoms with van der Waals surface area (Å²) in [5.74, 6) is -0.490. The van der Waals surface area contributed by atoms with Crippen molar-refractivity contribution in [1.82, 2.24) is 19.7 Å². The van der Waals surface area contributed by atoms with E-state index < -0.39 is 17.0 Å². The minimum atomic E-state index is -0.490. The predicted molar refractivity (Wildman–Crippen MR) is 101 cm³/mol. The van der Waals surface area contributed by atoms with Gasteiger partial charge in [0.1, 0.15) is 12.2 Å². The van der Waals surface area contributed by atoms with Gasteiger partial charge in [-0.1, -0.05) is 42.5 Å². The third-order valence-corrected chi connectivity index (χ3v) is 4.16. The van der Waals surface area contributed by atoms with Gasteiger partial charge in [0.05, 0.1) is 22.9 Å². The highest BCUT2D eigenvalue weighted by atomic mass is 16.2. The Hall–Kier alpha value is -3.94. The van der Waals surface area contributed by atoms with Crippen LogP contribution in [0, 0.1) is 0 Å². The average molecular weight is 361 g/mol. The van der Waals surface area contributed by atoms with Gasteiger partial charge in [-0.05, 0) is 12.1 Å². The standard InChI is InChI=1S/C19H15N5O3/c25-15(11-24-14-9-5-4-8-13(14)20-10-16(24)26)21-18-17(22-23-19(18)27)12-6-2-1-3-7-12/h1-10H,11H2,(H,21,25)(H2,22,23,27). The summed E-state index contributed by atoms with van der Waals surface area (Å²) >= 11 is 0. The molecule has 0 spiro atoms. The molecule has 2 aromatic carbocycles. The number of amides is 1. The molecule has 2 heterocycles. The lowest BCUT2D eigenvalue weighted by molar-refractivity contribution is -0.116. The third kappa shape index (κ3) is 3.15. The highest BCUT2D eigenvalue weighted by Gasteiger charge is 2.16. The number of hydrogen-bond donors (Lipinski definition) is 3. The van der Waals surface area contributed by atoms with E-state index >= 15 is 0 Å². The Bertz CT molecular complexity index is 1240. The second-order valence-electron chi connectivity index (χ2n) is 5.91. The lowest BCUT2D eigenvalue weighted by atomic mass is 10.1. The minimum Gasteiger partial charge on any atom is -0.318 e. The van der Waals surface area contributed by atoms with Crippen molar-refractivity contribution in [2.75, 3.05) is 5.32 Å². The number of H-pyrrole nitrogens is 2. The van der Waals surface area contributed by atoms with Crippen molar-refractivity contribution in [3.63, 3.8) is 0 Å². The highest BCUT2D eigenvalue weighted by Crippen LogP contribution is 2.22. The summed E-state index contributed by atoms with van der Waals surface area (Å²) in [6, 6.07) is 16.2. The fraction of sp³-hybridized carbons (Fsp3) is 0.0526. The summed E-state index contributed by atoms with van der Waals surface area (Å²) in [7, 11) is 0. The van der Waals surface area contributed by atoms with Gasteiger partial charge >= 0.3 is 0 Å². The van der Waals surface area contributed by atoms with Crippen LogP contribution in [0.5, 0.6) is 0 Å². The summed E-state index contributed by atoms with van der Waals surface area (Å²) in [5.41, 5.74) is 1.64. The maximum Gasteiger partial charge on any atom is 0.288 e. The van der Waals surface area contributed by atoms with Gasteiger partial charge < -0.3 is 5.32 Å². The molecule has 0 aliphatic rings. The number of fused-ring (bicyclic) bond motifs is 1. The largest absolute Gasteiger partial charge is 0.318 e.